The van der Waals surface area contributed by atoms with Crippen LogP contribution in [0.3, 0.4) is 0 Å². The van der Waals surface area contributed by atoms with Crippen molar-refractivity contribution in [2.24, 2.45) is 0 Å². The van der Waals surface area contributed by atoms with Crippen LogP contribution >= 0.6 is 19.2 Å². The van der Waals surface area contributed by atoms with Crippen LogP contribution in [0.25, 0.3) is 11.0 Å². The van der Waals surface area contributed by atoms with Crippen LogP contribution in [0.5, 0.6) is 0 Å². The third-order valence-electron chi connectivity index (χ3n) is 5.12. The van der Waals surface area contributed by atoms with Gasteiger partial charge in [0.25, 0.3) is 0 Å². The topological polar surface area (TPSA) is 161 Å². The number of hydrogen-bond acceptors (Lipinski definition) is 10. The molecule has 0 bridgehead atoms. The molecule has 4 rings (SSSR count). The summed E-state index contributed by atoms with van der Waals surface area (Å²) in [5, 5.41) is 29.0. The molecular formula is C16H23ClN5O7P. The lowest BCUT2D eigenvalue weighted by Gasteiger charge is -2.17. The van der Waals surface area contributed by atoms with Gasteiger partial charge in [0.05, 0.1) is 11.6 Å². The largest absolute Gasteiger partial charge is 0.387 e. The van der Waals surface area contributed by atoms with E-state index in [1.807, 2.05) is 0 Å². The number of anilines is 1. The Morgan fingerprint density at radius 3 is 2.77 bits per heavy atom. The first kappa shape index (κ1) is 21.8. The number of aromatic nitrogens is 4. The van der Waals surface area contributed by atoms with E-state index in [4.69, 9.17) is 21.2 Å². The van der Waals surface area contributed by atoms with E-state index >= 15 is 0 Å². The Balaban J connectivity index is 1.55. The van der Waals surface area contributed by atoms with Crippen LogP contribution in [0.1, 0.15) is 31.9 Å². The van der Waals surface area contributed by atoms with Crippen LogP contribution in [0.15, 0.2) is 6.20 Å². The van der Waals surface area contributed by atoms with Crippen molar-refractivity contribution >= 4 is 36.0 Å². The van der Waals surface area contributed by atoms with E-state index in [1.54, 1.807) is 0 Å². The highest BCUT2D eigenvalue weighted by atomic mass is 35.5. The summed E-state index contributed by atoms with van der Waals surface area (Å²) in [6.45, 7) is 0.573. The highest BCUT2D eigenvalue weighted by molar-refractivity contribution is 7.51. The standard InChI is InChI=1S/C16H23ClN5O7P/c1-30(25,26)29-27-7-10-11(23)12(24)15(28-10)22-14-9(6-18-22)13(20-16(17)21-14)19-8-4-2-3-5-8/h6,8,10-12,15,23-24H,2-5,7H2,1H3,(H,25,26)(H,19,20,21)/t10-,11-,12-,15-/m1/s1. The molecule has 1 saturated heterocycles. The van der Waals surface area contributed by atoms with Crippen molar-refractivity contribution in [3.05, 3.63) is 11.5 Å². The van der Waals surface area contributed by atoms with E-state index in [0.29, 0.717) is 22.9 Å². The van der Waals surface area contributed by atoms with Gasteiger partial charge in [-0.05, 0) is 24.4 Å². The minimum absolute atomic E-state index is 0.00714. The number of nitrogens with one attached hydrogen (secondary N) is 1. The molecule has 0 amide bonds. The molecule has 12 nitrogen and oxygen atoms in total. The fourth-order valence-electron chi connectivity index (χ4n) is 3.72. The van der Waals surface area contributed by atoms with Crippen LogP contribution < -0.4 is 5.32 Å². The molecule has 2 aliphatic rings. The van der Waals surface area contributed by atoms with Gasteiger partial charge in [-0.2, -0.15) is 15.1 Å². The van der Waals surface area contributed by atoms with Crippen molar-refractivity contribution in [2.45, 2.75) is 56.3 Å². The quantitative estimate of drug-likeness (QED) is 0.202. The number of hydrogen-bond donors (Lipinski definition) is 4. The molecule has 30 heavy (non-hydrogen) atoms. The zero-order chi connectivity index (χ0) is 21.5. The van der Waals surface area contributed by atoms with Gasteiger partial charge in [0.2, 0.25) is 5.28 Å². The molecule has 2 aromatic rings. The van der Waals surface area contributed by atoms with Gasteiger partial charge in [0, 0.05) is 12.7 Å². The van der Waals surface area contributed by atoms with Gasteiger partial charge in [0.1, 0.15) is 30.7 Å². The molecule has 4 N–H and O–H groups in total. The van der Waals surface area contributed by atoms with Crippen molar-refractivity contribution in [3.63, 3.8) is 0 Å². The predicted molar refractivity (Wildman–Crippen MR) is 105 cm³/mol. The van der Waals surface area contributed by atoms with Crippen LogP contribution in [-0.2, 0) is 18.9 Å². The molecule has 1 aliphatic heterocycles. The molecule has 1 unspecified atom stereocenters. The Kier molecular flexibility index (Phi) is 6.29. The van der Waals surface area contributed by atoms with Crippen LogP contribution in [0, 0.1) is 0 Å². The number of aliphatic hydroxyl groups is 2. The van der Waals surface area contributed by atoms with Gasteiger partial charge in [-0.25, -0.2) is 9.57 Å². The van der Waals surface area contributed by atoms with Crippen LogP contribution in [0.4, 0.5) is 5.82 Å². The first-order valence-corrected chi connectivity index (χ1v) is 11.9. The van der Waals surface area contributed by atoms with Gasteiger partial charge >= 0.3 is 7.60 Å². The zero-order valence-corrected chi connectivity index (χ0v) is 17.7. The molecule has 3 heterocycles. The van der Waals surface area contributed by atoms with Gasteiger partial charge in [0.15, 0.2) is 11.9 Å². The van der Waals surface area contributed by atoms with Crippen LogP contribution in [0.2, 0.25) is 5.28 Å². The zero-order valence-electron chi connectivity index (χ0n) is 16.1. The second-order valence-electron chi connectivity index (χ2n) is 7.50. The Morgan fingerprint density at radius 2 is 2.07 bits per heavy atom. The molecule has 2 aromatic heterocycles. The number of aliphatic hydroxyl groups excluding tert-OH is 2. The summed E-state index contributed by atoms with van der Waals surface area (Å²) in [6, 6.07) is 0.292. The van der Waals surface area contributed by atoms with Crippen molar-refractivity contribution in [3.8, 4) is 0 Å². The van der Waals surface area contributed by atoms with E-state index in [2.05, 4.69) is 29.9 Å². The maximum atomic E-state index is 11.1. The maximum Gasteiger partial charge on any atom is 0.352 e. The lowest BCUT2D eigenvalue weighted by Crippen LogP contribution is -2.34. The summed E-state index contributed by atoms with van der Waals surface area (Å²) >= 11 is 6.11. The maximum absolute atomic E-state index is 11.1. The molecule has 1 saturated carbocycles. The van der Waals surface area contributed by atoms with Gasteiger partial charge in [-0.3, -0.25) is 4.57 Å². The third kappa shape index (κ3) is 4.61. The molecule has 0 spiro atoms. The average Bonchev–Trinajstić information content (AvgIpc) is 3.37. The highest BCUT2D eigenvalue weighted by Gasteiger charge is 2.45. The third-order valence-corrected chi connectivity index (χ3v) is 5.68. The van der Waals surface area contributed by atoms with Crippen molar-refractivity contribution in [2.75, 3.05) is 18.6 Å². The summed E-state index contributed by atoms with van der Waals surface area (Å²) in [5.74, 6) is 0.547. The SMILES string of the molecule is CP(=O)(O)OOC[C@H]1O[C@@H](n2ncc3c(NC4CCCC4)nc(Cl)nc32)[C@H](O)[C@@H]1O. The normalized spacial score (nSPS) is 29.5. The monoisotopic (exact) mass is 463 g/mol. The molecule has 14 heteroatoms. The second-order valence-corrected chi connectivity index (χ2v) is 9.59. The lowest BCUT2D eigenvalue weighted by atomic mass is 10.1. The fourth-order valence-corrected chi connectivity index (χ4v) is 4.14. The molecular weight excluding hydrogens is 441 g/mol. The lowest BCUT2D eigenvalue weighted by molar-refractivity contribution is -0.238. The summed E-state index contributed by atoms with van der Waals surface area (Å²) in [4.78, 5) is 22.2. The molecule has 2 fully saturated rings. The minimum Gasteiger partial charge on any atom is -0.387 e. The van der Waals surface area contributed by atoms with Crippen molar-refractivity contribution in [1.29, 1.82) is 0 Å². The van der Waals surface area contributed by atoms with E-state index in [-0.39, 0.29) is 11.9 Å². The van der Waals surface area contributed by atoms with E-state index < -0.39 is 32.1 Å². The number of rotatable bonds is 7. The molecule has 0 aromatic carbocycles. The molecule has 0 radical (unpaired) electrons. The van der Waals surface area contributed by atoms with Gasteiger partial charge in [-0.1, -0.05) is 12.8 Å². The molecule has 1 aliphatic carbocycles. The van der Waals surface area contributed by atoms with E-state index in [0.717, 1.165) is 32.3 Å². The van der Waals surface area contributed by atoms with Crippen LogP contribution in [-0.4, -0.2) is 72.5 Å². The highest BCUT2D eigenvalue weighted by Crippen LogP contribution is 2.38. The Bertz CT molecular complexity index is 949. The van der Waals surface area contributed by atoms with Gasteiger partial charge < -0.3 is 25.2 Å². The average molecular weight is 464 g/mol. The molecule has 166 valence electrons. The van der Waals surface area contributed by atoms with Gasteiger partial charge in [-0.15, -0.1) is 4.67 Å². The van der Waals surface area contributed by atoms with Crippen molar-refractivity contribution in [1.82, 2.24) is 19.7 Å². The summed E-state index contributed by atoms with van der Waals surface area (Å²) < 4.78 is 22.4. The number of fused-ring (bicyclic) bond motifs is 1. The Morgan fingerprint density at radius 1 is 1.33 bits per heavy atom. The fraction of sp³-hybridized carbons (Fsp3) is 0.688. The second kappa shape index (κ2) is 8.64. The molecule has 5 atom stereocenters. The predicted octanol–water partition coefficient (Wildman–Crippen LogP) is 1.22. The number of halogens is 1. The smallest absolute Gasteiger partial charge is 0.352 e. The Labute approximate surface area is 176 Å². The van der Waals surface area contributed by atoms with E-state index in [9.17, 15) is 14.8 Å². The van der Waals surface area contributed by atoms with E-state index in [1.165, 1.54) is 10.9 Å². The first-order chi connectivity index (χ1) is 14.2. The number of ether oxygens (including phenoxy) is 1. The summed E-state index contributed by atoms with van der Waals surface area (Å²) in [5.41, 5.74) is 0.331. The minimum atomic E-state index is -3.86. The summed E-state index contributed by atoms with van der Waals surface area (Å²) in [7, 11) is -3.86. The van der Waals surface area contributed by atoms with Crippen molar-refractivity contribution < 1.29 is 34.0 Å². The Hall–Kier alpha value is -1.37. The summed E-state index contributed by atoms with van der Waals surface area (Å²) in [6.07, 6.45) is 1.10. The number of nitrogens with zero attached hydrogens (tertiary/aromatic N) is 4. The first-order valence-electron chi connectivity index (χ1n) is 9.53.